The maximum atomic E-state index is 6.17. The Hall–Kier alpha value is -0.343. The van der Waals surface area contributed by atoms with Crippen LogP contribution in [0.25, 0.3) is 0 Å². The summed E-state index contributed by atoms with van der Waals surface area (Å²) in [7, 11) is -1.34. The van der Waals surface area contributed by atoms with E-state index in [4.69, 9.17) is 5.40 Å². The van der Waals surface area contributed by atoms with Gasteiger partial charge in [-0.05, 0) is 18.0 Å². The van der Waals surface area contributed by atoms with Gasteiger partial charge in [-0.25, -0.2) is 0 Å². The SMILES string of the molecule is CC[Si](C)(N)CC1C=CC=C1. The van der Waals surface area contributed by atoms with Gasteiger partial charge in [0.25, 0.3) is 0 Å². The van der Waals surface area contributed by atoms with Gasteiger partial charge in [0.15, 0.2) is 0 Å². The van der Waals surface area contributed by atoms with Crippen molar-refractivity contribution >= 4 is 8.24 Å². The predicted molar refractivity (Wildman–Crippen MR) is 52.9 cm³/mol. The lowest BCUT2D eigenvalue weighted by Crippen LogP contribution is -2.42. The highest BCUT2D eigenvalue weighted by atomic mass is 28.3. The van der Waals surface area contributed by atoms with Crippen molar-refractivity contribution in [2.24, 2.45) is 11.3 Å². The van der Waals surface area contributed by atoms with E-state index in [1.165, 1.54) is 12.1 Å². The normalized spacial score (nSPS) is 22.5. The van der Waals surface area contributed by atoms with Gasteiger partial charge in [-0.3, -0.25) is 0 Å². The Morgan fingerprint density at radius 2 is 1.91 bits per heavy atom. The Labute approximate surface area is 70.1 Å². The molecular weight excluding hydrogens is 150 g/mol. The van der Waals surface area contributed by atoms with Crippen LogP contribution < -0.4 is 5.40 Å². The zero-order valence-corrected chi connectivity index (χ0v) is 8.38. The summed E-state index contributed by atoms with van der Waals surface area (Å²) in [6, 6.07) is 2.39. The molecule has 11 heavy (non-hydrogen) atoms. The first-order valence-electron chi connectivity index (χ1n) is 4.28. The molecule has 0 spiro atoms. The molecule has 1 aliphatic carbocycles. The molecule has 0 saturated carbocycles. The van der Waals surface area contributed by atoms with E-state index in [1.807, 2.05) is 0 Å². The average molecular weight is 167 g/mol. The van der Waals surface area contributed by atoms with Crippen molar-refractivity contribution < 1.29 is 0 Å². The first-order valence-corrected chi connectivity index (χ1v) is 7.27. The largest absolute Gasteiger partial charge is 0.351 e. The van der Waals surface area contributed by atoms with Crippen LogP contribution >= 0.6 is 0 Å². The molecule has 0 aliphatic heterocycles. The maximum Gasteiger partial charge on any atom is 0.120 e. The summed E-state index contributed by atoms with van der Waals surface area (Å²) in [5.41, 5.74) is 0. The van der Waals surface area contributed by atoms with Crippen molar-refractivity contribution in [1.82, 2.24) is 0 Å². The van der Waals surface area contributed by atoms with Crippen molar-refractivity contribution in [3.05, 3.63) is 24.3 Å². The monoisotopic (exact) mass is 167 g/mol. The van der Waals surface area contributed by atoms with E-state index < -0.39 is 8.24 Å². The Morgan fingerprint density at radius 3 is 2.36 bits per heavy atom. The molecule has 0 saturated heterocycles. The number of hydrogen-bond donors (Lipinski definition) is 1. The van der Waals surface area contributed by atoms with Gasteiger partial charge in [0, 0.05) is 0 Å². The topological polar surface area (TPSA) is 26.0 Å². The lowest BCUT2D eigenvalue weighted by atomic mass is 10.2. The zero-order chi connectivity index (χ0) is 8.32. The molecule has 0 heterocycles. The highest BCUT2D eigenvalue weighted by Gasteiger charge is 2.22. The molecule has 0 aromatic carbocycles. The molecule has 0 fully saturated rings. The van der Waals surface area contributed by atoms with Crippen LogP contribution in [0, 0.1) is 5.92 Å². The highest BCUT2D eigenvalue weighted by molar-refractivity contribution is 6.75. The van der Waals surface area contributed by atoms with E-state index >= 15 is 0 Å². The quantitative estimate of drug-likeness (QED) is 0.641. The van der Waals surface area contributed by atoms with Crippen molar-refractivity contribution in [3.8, 4) is 0 Å². The molecule has 62 valence electrons. The molecule has 1 rings (SSSR count). The Bertz CT molecular complexity index is 170. The number of hydrogen-bond acceptors (Lipinski definition) is 1. The minimum atomic E-state index is -1.34. The minimum absolute atomic E-state index is 0.636. The van der Waals surface area contributed by atoms with Gasteiger partial charge in [0.1, 0.15) is 8.24 Å². The zero-order valence-electron chi connectivity index (χ0n) is 7.38. The van der Waals surface area contributed by atoms with Crippen molar-refractivity contribution in [1.29, 1.82) is 0 Å². The molecule has 2 N–H and O–H groups in total. The lowest BCUT2D eigenvalue weighted by molar-refractivity contribution is 0.912. The molecule has 0 amide bonds. The van der Waals surface area contributed by atoms with E-state index in [9.17, 15) is 0 Å². The van der Waals surface area contributed by atoms with Gasteiger partial charge in [-0.2, -0.15) is 0 Å². The Balaban J connectivity index is 2.41. The summed E-state index contributed by atoms with van der Waals surface area (Å²) in [5.74, 6) is 0.636. The summed E-state index contributed by atoms with van der Waals surface area (Å²) in [5, 5.41) is 6.17. The number of allylic oxidation sites excluding steroid dienone is 4. The van der Waals surface area contributed by atoms with Crippen LogP contribution in [0.15, 0.2) is 24.3 Å². The van der Waals surface area contributed by atoms with Crippen molar-refractivity contribution in [2.45, 2.75) is 25.6 Å². The first kappa shape index (κ1) is 8.75. The van der Waals surface area contributed by atoms with Gasteiger partial charge in [0.05, 0.1) is 0 Å². The molecule has 2 heteroatoms. The molecule has 1 atom stereocenters. The van der Waals surface area contributed by atoms with E-state index in [-0.39, 0.29) is 0 Å². The van der Waals surface area contributed by atoms with Crippen LogP contribution in [0.2, 0.25) is 18.6 Å². The molecular formula is C9H17NSi. The van der Waals surface area contributed by atoms with E-state index in [1.54, 1.807) is 0 Å². The van der Waals surface area contributed by atoms with E-state index in [0.717, 1.165) is 0 Å². The lowest BCUT2D eigenvalue weighted by Gasteiger charge is -2.21. The second-order valence-corrected chi connectivity index (χ2v) is 8.07. The van der Waals surface area contributed by atoms with Gasteiger partial charge < -0.3 is 5.40 Å². The fraction of sp³-hybridized carbons (Fsp3) is 0.556. The fourth-order valence-electron chi connectivity index (χ4n) is 1.30. The van der Waals surface area contributed by atoms with Crippen LogP contribution in [-0.2, 0) is 0 Å². The van der Waals surface area contributed by atoms with Crippen LogP contribution in [-0.4, -0.2) is 8.24 Å². The van der Waals surface area contributed by atoms with Crippen LogP contribution in [0.5, 0.6) is 0 Å². The summed E-state index contributed by atoms with van der Waals surface area (Å²) in [6.07, 6.45) is 8.72. The summed E-state index contributed by atoms with van der Waals surface area (Å²) >= 11 is 0. The third kappa shape index (κ3) is 2.64. The van der Waals surface area contributed by atoms with Gasteiger partial charge in [-0.15, -0.1) is 0 Å². The van der Waals surface area contributed by atoms with Gasteiger partial charge >= 0.3 is 0 Å². The summed E-state index contributed by atoms with van der Waals surface area (Å²) in [6.45, 7) is 4.46. The van der Waals surface area contributed by atoms with Crippen molar-refractivity contribution in [3.63, 3.8) is 0 Å². The molecule has 0 aromatic heterocycles. The molecule has 0 aromatic rings. The second kappa shape index (κ2) is 3.37. The first-order chi connectivity index (χ1) is 5.14. The van der Waals surface area contributed by atoms with Crippen LogP contribution in [0.3, 0.4) is 0 Å². The van der Waals surface area contributed by atoms with Crippen molar-refractivity contribution in [2.75, 3.05) is 0 Å². The molecule has 1 aliphatic rings. The third-order valence-electron chi connectivity index (χ3n) is 2.34. The predicted octanol–water partition coefficient (Wildman–Crippen LogP) is 2.28. The Kier molecular flexibility index (Phi) is 2.68. The average Bonchev–Trinajstić information content (AvgIpc) is 2.39. The van der Waals surface area contributed by atoms with Crippen LogP contribution in [0.4, 0.5) is 0 Å². The number of nitrogens with two attached hydrogens (primary N) is 1. The molecule has 1 unspecified atom stereocenters. The molecule has 0 radical (unpaired) electrons. The van der Waals surface area contributed by atoms with Gasteiger partial charge in [-0.1, -0.05) is 37.8 Å². The standard InChI is InChI=1S/C9H17NSi/c1-3-11(2,10)8-9-6-4-5-7-9/h4-7,9H,3,8,10H2,1-2H3. The second-order valence-electron chi connectivity index (χ2n) is 3.65. The Morgan fingerprint density at radius 1 is 1.36 bits per heavy atom. The van der Waals surface area contributed by atoms with Crippen LogP contribution in [0.1, 0.15) is 6.92 Å². The maximum absolute atomic E-state index is 6.17. The summed E-state index contributed by atoms with van der Waals surface area (Å²) in [4.78, 5) is 0. The smallest absolute Gasteiger partial charge is 0.120 e. The highest BCUT2D eigenvalue weighted by Crippen LogP contribution is 2.21. The van der Waals surface area contributed by atoms with E-state index in [0.29, 0.717) is 5.92 Å². The molecule has 1 nitrogen and oxygen atoms in total. The number of rotatable bonds is 3. The van der Waals surface area contributed by atoms with Gasteiger partial charge in [0.2, 0.25) is 0 Å². The van der Waals surface area contributed by atoms with E-state index in [2.05, 4.69) is 37.8 Å². The minimum Gasteiger partial charge on any atom is -0.351 e. The summed E-state index contributed by atoms with van der Waals surface area (Å²) < 4.78 is 0. The third-order valence-corrected chi connectivity index (χ3v) is 5.36. The fourth-order valence-corrected chi connectivity index (χ4v) is 2.93. The molecule has 0 bridgehead atoms.